The van der Waals surface area contributed by atoms with E-state index in [-0.39, 0.29) is 16.6 Å². The van der Waals surface area contributed by atoms with E-state index in [1.54, 1.807) is 22.9 Å². The number of nitrogens with zero attached hydrogens (tertiary/aromatic N) is 5. The maximum absolute atomic E-state index is 13.2. The van der Waals surface area contributed by atoms with Crippen molar-refractivity contribution in [1.29, 1.82) is 0 Å². The molecule has 5 aromatic rings. The molecule has 0 aliphatic heterocycles. The van der Waals surface area contributed by atoms with Gasteiger partial charge in [0.05, 0.1) is 10.4 Å². The van der Waals surface area contributed by atoms with Crippen molar-refractivity contribution in [3.63, 3.8) is 0 Å². The number of nitrogens with one attached hydrogen (secondary N) is 1. The molecule has 180 valence electrons. The summed E-state index contributed by atoms with van der Waals surface area (Å²) in [6, 6.07) is 23.0. The van der Waals surface area contributed by atoms with Gasteiger partial charge in [-0.15, -0.1) is 0 Å². The van der Waals surface area contributed by atoms with Crippen molar-refractivity contribution in [2.24, 2.45) is 0 Å². The smallest absolute Gasteiger partial charge is 0.250 e. The van der Waals surface area contributed by atoms with Crippen molar-refractivity contribution in [1.82, 2.24) is 14.5 Å². The first kappa shape index (κ1) is 23.2. The second kappa shape index (κ2) is 9.59. The average molecular weight is 499 g/mol. The Bertz CT molecular complexity index is 1650. The zero-order valence-corrected chi connectivity index (χ0v) is 20.1. The Hall–Kier alpha value is -4.57. The maximum Gasteiger partial charge on any atom is 0.250 e. The second-order valence-electron chi connectivity index (χ2n) is 8.11. The normalized spacial score (nSPS) is 11.4. The lowest BCUT2D eigenvalue weighted by Gasteiger charge is -2.18. The summed E-state index contributed by atoms with van der Waals surface area (Å²) in [7, 11) is -4.11. The van der Waals surface area contributed by atoms with E-state index in [0.717, 1.165) is 5.56 Å². The number of carbonyl (C=O) groups is 1. The molecule has 0 atom stereocenters. The van der Waals surface area contributed by atoms with Gasteiger partial charge in [-0.25, -0.2) is 18.0 Å². The predicted octanol–water partition coefficient (Wildman–Crippen LogP) is 4.11. The summed E-state index contributed by atoms with van der Waals surface area (Å²) in [5.74, 6) is 0.0173. The molecule has 0 unspecified atom stereocenters. The fourth-order valence-corrected chi connectivity index (χ4v) is 4.64. The third-order valence-electron chi connectivity index (χ3n) is 5.36. The quantitative estimate of drug-likeness (QED) is 0.340. The van der Waals surface area contributed by atoms with Crippen LogP contribution in [0.5, 0.6) is 0 Å². The number of hydrogen-bond acceptors (Lipinski definition) is 5. The highest BCUT2D eigenvalue weighted by atomic mass is 32.2. The van der Waals surface area contributed by atoms with Crippen LogP contribution in [0.15, 0.2) is 102 Å². The predicted molar refractivity (Wildman–Crippen MR) is 136 cm³/mol. The number of benzene rings is 3. The summed E-state index contributed by atoms with van der Waals surface area (Å²) in [5.41, 5.74) is 2.76. The van der Waals surface area contributed by atoms with Crippen LogP contribution in [0, 0.1) is 0 Å². The Morgan fingerprint density at radius 1 is 0.944 bits per heavy atom. The summed E-state index contributed by atoms with van der Waals surface area (Å²) < 4.78 is 34.1. The van der Waals surface area contributed by atoms with Crippen molar-refractivity contribution in [2.75, 3.05) is 5.32 Å². The standard InChI is InChI=1S/C26H22N6O3S/c1-19(33)27-21-11-13-22(14-12-21)36(34,35)30-25-26(29-24-10-6-5-9-23(24)28-25)32-16-15-31(18-32)17-20-7-3-2-4-8-20/h2-16,18H,17H2,1H3,(H-,27,28,30,33). The summed E-state index contributed by atoms with van der Waals surface area (Å²) in [6.45, 7) is 2.02. The van der Waals surface area contributed by atoms with Crippen molar-refractivity contribution in [2.45, 2.75) is 18.4 Å². The largest absolute Gasteiger partial charge is 0.429 e. The summed E-state index contributed by atoms with van der Waals surface area (Å²) in [4.78, 5) is 20.4. The van der Waals surface area contributed by atoms with Crippen molar-refractivity contribution >= 4 is 38.5 Å². The van der Waals surface area contributed by atoms with Gasteiger partial charge in [0.2, 0.25) is 21.7 Å². The molecular formula is C26H22N6O3S. The number of anilines is 1. The van der Waals surface area contributed by atoms with Gasteiger partial charge in [0.25, 0.3) is 6.33 Å². The number of para-hydroxylation sites is 2. The molecule has 10 heteroatoms. The Kier molecular flexibility index (Phi) is 6.17. The van der Waals surface area contributed by atoms with E-state index in [4.69, 9.17) is 0 Å². The lowest BCUT2D eigenvalue weighted by atomic mass is 10.2. The van der Waals surface area contributed by atoms with E-state index < -0.39 is 10.0 Å². The second-order valence-corrected chi connectivity index (χ2v) is 9.71. The molecule has 3 aromatic carbocycles. The Morgan fingerprint density at radius 3 is 2.31 bits per heavy atom. The number of hydrogen-bond donors (Lipinski definition) is 1. The molecule has 0 spiro atoms. The molecule has 36 heavy (non-hydrogen) atoms. The van der Waals surface area contributed by atoms with Gasteiger partial charge in [-0.05, 0) is 41.4 Å². The number of amides is 1. The van der Waals surface area contributed by atoms with Gasteiger partial charge in [-0.3, -0.25) is 4.79 Å². The van der Waals surface area contributed by atoms with Crippen LogP contribution in [0.1, 0.15) is 12.5 Å². The summed E-state index contributed by atoms with van der Waals surface area (Å²) in [5, 5.41) is 2.61. The van der Waals surface area contributed by atoms with Gasteiger partial charge >= 0.3 is 0 Å². The first-order valence-corrected chi connectivity index (χ1v) is 12.6. The van der Waals surface area contributed by atoms with Gasteiger partial charge in [-0.1, -0.05) is 48.5 Å². The van der Waals surface area contributed by atoms with Crippen molar-refractivity contribution < 1.29 is 17.8 Å². The minimum atomic E-state index is -4.11. The highest BCUT2D eigenvalue weighted by Gasteiger charge is 2.17. The third-order valence-corrected chi connectivity index (χ3v) is 6.64. The van der Waals surface area contributed by atoms with Crippen LogP contribution in [0.25, 0.3) is 21.6 Å². The van der Waals surface area contributed by atoms with Crippen LogP contribution in [0.3, 0.4) is 0 Å². The molecule has 1 amide bonds. The first-order chi connectivity index (χ1) is 17.4. The lowest BCUT2D eigenvalue weighted by Crippen LogP contribution is -2.31. The van der Waals surface area contributed by atoms with Gasteiger partial charge < -0.3 is 15.0 Å². The first-order valence-electron chi connectivity index (χ1n) is 11.1. The van der Waals surface area contributed by atoms with E-state index in [0.29, 0.717) is 29.1 Å². The molecule has 0 saturated carbocycles. The monoisotopic (exact) mass is 498 g/mol. The summed E-state index contributed by atoms with van der Waals surface area (Å²) >= 11 is 0. The minimum absolute atomic E-state index is 0.0239. The molecule has 2 heterocycles. The van der Waals surface area contributed by atoms with Crippen LogP contribution in [-0.2, 0) is 21.4 Å². The molecule has 2 aromatic heterocycles. The van der Waals surface area contributed by atoms with Crippen LogP contribution < -0.4 is 9.88 Å². The Morgan fingerprint density at radius 2 is 1.61 bits per heavy atom. The highest BCUT2D eigenvalue weighted by Crippen LogP contribution is 2.32. The highest BCUT2D eigenvalue weighted by molar-refractivity contribution is 7.94. The zero-order chi connectivity index (χ0) is 25.1. The number of imidazole rings is 1. The Labute approximate surface area is 208 Å². The van der Waals surface area contributed by atoms with E-state index in [2.05, 4.69) is 20.0 Å². The molecule has 5 rings (SSSR count). The topological polar surface area (TPSA) is 112 Å². The Balaban J connectivity index is 1.51. The fraction of sp³-hybridized carbons (Fsp3) is 0.0769. The van der Waals surface area contributed by atoms with Crippen LogP contribution in [0.4, 0.5) is 11.5 Å². The number of carbonyl (C=O) groups excluding carboxylic acids is 1. The number of rotatable bonds is 7. The summed E-state index contributed by atoms with van der Waals surface area (Å²) in [6.07, 6.45) is 5.48. The lowest BCUT2D eigenvalue weighted by molar-refractivity contribution is -0.687. The molecule has 0 radical (unpaired) electrons. The van der Waals surface area contributed by atoms with Gasteiger partial charge in [0.1, 0.15) is 18.9 Å². The molecule has 0 aliphatic carbocycles. The maximum atomic E-state index is 13.2. The van der Waals surface area contributed by atoms with Gasteiger partial charge in [-0.2, -0.15) is 4.57 Å². The average Bonchev–Trinajstić information content (AvgIpc) is 3.32. The molecule has 0 aliphatic rings. The van der Waals surface area contributed by atoms with Gasteiger partial charge in [0.15, 0.2) is 0 Å². The van der Waals surface area contributed by atoms with E-state index in [9.17, 15) is 13.2 Å². The number of aromatic nitrogens is 4. The van der Waals surface area contributed by atoms with Crippen molar-refractivity contribution in [3.05, 3.63) is 108 Å². The van der Waals surface area contributed by atoms with E-state index in [1.807, 2.05) is 59.6 Å². The number of sulfonamides is 1. The number of fused-ring (bicyclic) bond motifs is 1. The van der Waals surface area contributed by atoms with Crippen LogP contribution in [0.2, 0.25) is 0 Å². The van der Waals surface area contributed by atoms with Crippen LogP contribution in [-0.4, -0.2) is 28.9 Å². The minimum Gasteiger partial charge on any atom is -0.429 e. The molecule has 0 fully saturated rings. The fourth-order valence-electron chi connectivity index (χ4n) is 3.70. The molecule has 0 saturated heterocycles. The van der Waals surface area contributed by atoms with E-state index in [1.165, 1.54) is 31.2 Å². The molecule has 0 bridgehead atoms. The van der Waals surface area contributed by atoms with Crippen molar-refractivity contribution in [3.8, 4) is 5.82 Å². The molecule has 9 nitrogen and oxygen atoms in total. The molecule has 1 N–H and O–H groups in total. The van der Waals surface area contributed by atoms with Crippen LogP contribution >= 0.6 is 0 Å². The zero-order valence-electron chi connectivity index (χ0n) is 19.3. The van der Waals surface area contributed by atoms with E-state index >= 15 is 0 Å². The SMILES string of the molecule is CC(=O)Nc1ccc(S(=O)(=O)[N-]c2nc3ccccc3nc2-n2cc[n+](Cc3ccccc3)c2)cc1. The van der Waals surface area contributed by atoms with Gasteiger partial charge in [0, 0.05) is 18.4 Å². The molecular weight excluding hydrogens is 476 g/mol. The third kappa shape index (κ3) is 5.08.